The topological polar surface area (TPSA) is 106 Å². The molecule has 0 aliphatic heterocycles. The maximum atomic E-state index is 12.3. The number of nitrogens with zero attached hydrogens (tertiary/aromatic N) is 3. The Balaban J connectivity index is 1.96. The number of aliphatic carboxylic acids is 1. The van der Waals surface area contributed by atoms with Gasteiger partial charge in [0.1, 0.15) is 12.2 Å². The lowest BCUT2D eigenvalue weighted by molar-refractivity contribution is -0.138. The average Bonchev–Trinajstić information content (AvgIpc) is 2.98. The van der Waals surface area contributed by atoms with Crippen LogP contribution in [0.25, 0.3) is 0 Å². The van der Waals surface area contributed by atoms with Gasteiger partial charge in [-0.15, -0.1) is 5.10 Å². The summed E-state index contributed by atoms with van der Waals surface area (Å²) in [5, 5.41) is 18.9. The standard InChI is InChI=1S/C15H18N4O4/c1-2-23-14(11-6-4-3-5-7-11)15(22)16-8-12-9-19(18-17-12)10-13(20)21/h3-7,9,14H,2,8,10H2,1H3,(H,16,22)(H,20,21). The van der Waals surface area contributed by atoms with Crippen LogP contribution in [0.1, 0.15) is 24.3 Å². The highest BCUT2D eigenvalue weighted by molar-refractivity contribution is 5.82. The molecule has 1 aromatic carbocycles. The zero-order valence-corrected chi connectivity index (χ0v) is 12.7. The second-order valence-electron chi connectivity index (χ2n) is 4.77. The number of hydrogen-bond acceptors (Lipinski definition) is 5. The SMILES string of the molecule is CCOC(C(=O)NCc1cn(CC(=O)O)nn1)c1ccccc1. The molecule has 0 saturated carbocycles. The van der Waals surface area contributed by atoms with Crippen LogP contribution in [0.4, 0.5) is 0 Å². The molecule has 1 atom stereocenters. The molecule has 1 aromatic heterocycles. The molecule has 2 aromatic rings. The molecule has 2 rings (SSSR count). The van der Waals surface area contributed by atoms with Crippen LogP contribution in [0.3, 0.4) is 0 Å². The van der Waals surface area contributed by atoms with Gasteiger partial charge in [-0.25, -0.2) is 4.68 Å². The summed E-state index contributed by atoms with van der Waals surface area (Å²) in [7, 11) is 0. The number of amides is 1. The Morgan fingerprint density at radius 2 is 2.09 bits per heavy atom. The Morgan fingerprint density at radius 1 is 1.35 bits per heavy atom. The number of rotatable bonds is 8. The van der Waals surface area contributed by atoms with Crippen molar-refractivity contribution in [1.82, 2.24) is 20.3 Å². The van der Waals surface area contributed by atoms with Crippen LogP contribution in [0.5, 0.6) is 0 Å². The third kappa shape index (κ3) is 4.89. The van der Waals surface area contributed by atoms with Gasteiger partial charge in [0, 0.05) is 6.61 Å². The van der Waals surface area contributed by atoms with E-state index in [1.807, 2.05) is 37.3 Å². The van der Waals surface area contributed by atoms with Gasteiger partial charge in [-0.05, 0) is 12.5 Å². The minimum atomic E-state index is -1.01. The molecule has 0 saturated heterocycles. The van der Waals surface area contributed by atoms with E-state index in [2.05, 4.69) is 15.6 Å². The van der Waals surface area contributed by atoms with Crippen molar-refractivity contribution in [2.75, 3.05) is 6.61 Å². The van der Waals surface area contributed by atoms with Gasteiger partial charge in [0.05, 0.1) is 12.7 Å². The van der Waals surface area contributed by atoms with Crippen LogP contribution in [-0.4, -0.2) is 38.6 Å². The molecule has 0 bridgehead atoms. The molecule has 1 unspecified atom stereocenters. The molecule has 0 radical (unpaired) electrons. The van der Waals surface area contributed by atoms with Gasteiger partial charge >= 0.3 is 5.97 Å². The number of carboxylic acids is 1. The number of carboxylic acid groups (broad SMARTS) is 1. The summed E-state index contributed by atoms with van der Waals surface area (Å²) >= 11 is 0. The number of carbonyl (C=O) groups excluding carboxylic acids is 1. The monoisotopic (exact) mass is 318 g/mol. The van der Waals surface area contributed by atoms with E-state index in [1.165, 1.54) is 10.9 Å². The van der Waals surface area contributed by atoms with Crippen molar-refractivity contribution in [3.8, 4) is 0 Å². The maximum Gasteiger partial charge on any atom is 0.325 e. The summed E-state index contributed by atoms with van der Waals surface area (Å²) in [6.07, 6.45) is 0.780. The Kier molecular flexibility index (Phi) is 5.81. The van der Waals surface area contributed by atoms with Crippen LogP contribution >= 0.6 is 0 Å². The van der Waals surface area contributed by atoms with E-state index < -0.39 is 12.1 Å². The highest BCUT2D eigenvalue weighted by Crippen LogP contribution is 2.17. The zero-order chi connectivity index (χ0) is 16.7. The van der Waals surface area contributed by atoms with E-state index in [0.29, 0.717) is 12.3 Å². The smallest absolute Gasteiger partial charge is 0.325 e. The van der Waals surface area contributed by atoms with Crippen molar-refractivity contribution in [1.29, 1.82) is 0 Å². The number of aromatic nitrogens is 3. The second-order valence-corrected chi connectivity index (χ2v) is 4.77. The highest BCUT2D eigenvalue weighted by atomic mass is 16.5. The fourth-order valence-electron chi connectivity index (χ4n) is 2.02. The summed E-state index contributed by atoms with van der Waals surface area (Å²) in [5.74, 6) is -1.29. The van der Waals surface area contributed by atoms with E-state index >= 15 is 0 Å². The van der Waals surface area contributed by atoms with Gasteiger partial charge in [-0.3, -0.25) is 9.59 Å². The molecule has 1 heterocycles. The summed E-state index contributed by atoms with van der Waals surface area (Å²) in [6.45, 7) is 2.10. The zero-order valence-electron chi connectivity index (χ0n) is 12.7. The van der Waals surface area contributed by atoms with E-state index in [0.717, 1.165) is 5.56 Å². The van der Waals surface area contributed by atoms with Crippen molar-refractivity contribution in [2.45, 2.75) is 26.1 Å². The molecule has 1 amide bonds. The van der Waals surface area contributed by atoms with Crippen molar-refractivity contribution < 1.29 is 19.4 Å². The molecular formula is C15H18N4O4. The van der Waals surface area contributed by atoms with E-state index in [1.54, 1.807) is 0 Å². The molecule has 23 heavy (non-hydrogen) atoms. The molecule has 0 aliphatic carbocycles. The van der Waals surface area contributed by atoms with Crippen LogP contribution in [-0.2, 0) is 27.4 Å². The number of carbonyl (C=O) groups is 2. The van der Waals surface area contributed by atoms with Gasteiger partial charge in [0.15, 0.2) is 6.10 Å². The molecule has 0 spiro atoms. The first kappa shape index (κ1) is 16.6. The quantitative estimate of drug-likeness (QED) is 0.744. The molecule has 8 nitrogen and oxygen atoms in total. The summed E-state index contributed by atoms with van der Waals surface area (Å²) in [5.41, 5.74) is 1.24. The summed E-state index contributed by atoms with van der Waals surface area (Å²) < 4.78 is 6.70. The maximum absolute atomic E-state index is 12.3. The summed E-state index contributed by atoms with van der Waals surface area (Å²) in [6, 6.07) is 9.19. The fourth-order valence-corrected chi connectivity index (χ4v) is 2.02. The van der Waals surface area contributed by atoms with Crippen molar-refractivity contribution in [3.05, 3.63) is 47.8 Å². The lowest BCUT2D eigenvalue weighted by Gasteiger charge is -2.16. The van der Waals surface area contributed by atoms with Gasteiger partial charge in [-0.2, -0.15) is 0 Å². The number of benzene rings is 1. The predicted molar refractivity (Wildman–Crippen MR) is 80.3 cm³/mol. The van der Waals surface area contributed by atoms with Crippen molar-refractivity contribution in [3.63, 3.8) is 0 Å². The Labute approximate surface area is 133 Å². The van der Waals surface area contributed by atoms with Crippen molar-refractivity contribution >= 4 is 11.9 Å². The predicted octanol–water partition coefficient (Wildman–Crippen LogP) is 0.757. The largest absolute Gasteiger partial charge is 0.480 e. The first-order chi connectivity index (χ1) is 11.1. The average molecular weight is 318 g/mol. The molecule has 0 fully saturated rings. The second kappa shape index (κ2) is 8.04. The Morgan fingerprint density at radius 3 is 2.74 bits per heavy atom. The van der Waals surface area contributed by atoms with Gasteiger partial charge < -0.3 is 15.2 Å². The van der Waals surface area contributed by atoms with E-state index in [9.17, 15) is 9.59 Å². The number of hydrogen-bond donors (Lipinski definition) is 2. The van der Waals surface area contributed by atoms with E-state index in [4.69, 9.17) is 9.84 Å². The fraction of sp³-hybridized carbons (Fsp3) is 0.333. The van der Waals surface area contributed by atoms with Crippen LogP contribution in [0.2, 0.25) is 0 Å². The van der Waals surface area contributed by atoms with Gasteiger partial charge in [0.25, 0.3) is 5.91 Å². The lowest BCUT2D eigenvalue weighted by atomic mass is 10.1. The van der Waals surface area contributed by atoms with Gasteiger partial charge in [0.2, 0.25) is 0 Å². The minimum Gasteiger partial charge on any atom is -0.480 e. The highest BCUT2D eigenvalue weighted by Gasteiger charge is 2.20. The molecular weight excluding hydrogens is 300 g/mol. The summed E-state index contributed by atoms with van der Waals surface area (Å²) in [4.78, 5) is 22.9. The third-order valence-corrected chi connectivity index (χ3v) is 3.00. The first-order valence-corrected chi connectivity index (χ1v) is 7.15. The Bertz CT molecular complexity index is 657. The van der Waals surface area contributed by atoms with Crippen LogP contribution in [0.15, 0.2) is 36.5 Å². The molecule has 8 heteroatoms. The first-order valence-electron chi connectivity index (χ1n) is 7.15. The van der Waals surface area contributed by atoms with Crippen molar-refractivity contribution in [2.24, 2.45) is 0 Å². The molecule has 0 aliphatic rings. The number of nitrogens with one attached hydrogen (secondary N) is 1. The molecule has 2 N–H and O–H groups in total. The normalized spacial score (nSPS) is 11.9. The number of ether oxygens (including phenoxy) is 1. The van der Waals surface area contributed by atoms with Crippen LogP contribution < -0.4 is 5.32 Å². The van der Waals surface area contributed by atoms with Crippen LogP contribution in [0, 0.1) is 0 Å². The Hall–Kier alpha value is -2.74. The van der Waals surface area contributed by atoms with E-state index in [-0.39, 0.29) is 19.0 Å². The third-order valence-electron chi connectivity index (χ3n) is 3.00. The minimum absolute atomic E-state index is 0.148. The lowest BCUT2D eigenvalue weighted by Crippen LogP contribution is -2.30. The molecule has 122 valence electrons. The van der Waals surface area contributed by atoms with Gasteiger partial charge in [-0.1, -0.05) is 35.5 Å².